The normalized spacial score (nSPS) is 17.7. The number of nitrogens with one attached hydrogen (secondary N) is 1. The van der Waals surface area contributed by atoms with Gasteiger partial charge in [-0.15, -0.1) is 0 Å². The lowest BCUT2D eigenvalue weighted by atomic mass is 10.2. The number of aromatic nitrogens is 1. The van der Waals surface area contributed by atoms with E-state index in [0.29, 0.717) is 25.2 Å². The van der Waals surface area contributed by atoms with Crippen molar-refractivity contribution in [1.82, 2.24) is 15.2 Å². The molecule has 1 aliphatic heterocycles. The molecule has 1 fully saturated rings. The third kappa shape index (κ3) is 4.68. The van der Waals surface area contributed by atoms with Crippen molar-refractivity contribution < 1.29 is 14.3 Å². The van der Waals surface area contributed by atoms with Gasteiger partial charge in [0.1, 0.15) is 23.4 Å². The van der Waals surface area contributed by atoms with Crippen molar-refractivity contribution in [2.75, 3.05) is 6.54 Å². The summed E-state index contributed by atoms with van der Waals surface area (Å²) in [6.07, 6.45) is 1.49. The summed E-state index contributed by atoms with van der Waals surface area (Å²) >= 11 is 0. The Morgan fingerprint density at radius 1 is 1.57 bits per heavy atom. The highest BCUT2D eigenvalue weighted by molar-refractivity contribution is 5.87. The van der Waals surface area contributed by atoms with E-state index in [1.807, 2.05) is 6.07 Å². The Morgan fingerprint density at radius 2 is 2.30 bits per heavy atom. The number of carbonyl (C=O) groups excluding carboxylic acids is 2. The fraction of sp³-hybridized carbons (Fsp3) is 0.500. The van der Waals surface area contributed by atoms with Gasteiger partial charge in [-0.2, -0.15) is 5.26 Å². The molecule has 1 atom stereocenters. The number of nitriles is 1. The van der Waals surface area contributed by atoms with Crippen LogP contribution in [-0.2, 0) is 16.1 Å². The van der Waals surface area contributed by atoms with E-state index in [1.54, 1.807) is 44.0 Å². The maximum atomic E-state index is 12.3. The molecule has 0 spiro atoms. The van der Waals surface area contributed by atoms with Crippen molar-refractivity contribution >= 4 is 12.0 Å². The molecule has 0 radical (unpaired) electrons. The number of ether oxygens (including phenoxy) is 1. The molecule has 7 nitrogen and oxygen atoms in total. The van der Waals surface area contributed by atoms with Crippen LogP contribution in [0.1, 0.15) is 38.4 Å². The van der Waals surface area contributed by atoms with Gasteiger partial charge in [0.15, 0.2) is 0 Å². The van der Waals surface area contributed by atoms with Gasteiger partial charge in [0.25, 0.3) is 0 Å². The summed E-state index contributed by atoms with van der Waals surface area (Å²) in [5, 5.41) is 11.5. The fourth-order valence-electron chi connectivity index (χ4n) is 2.33. The van der Waals surface area contributed by atoms with Gasteiger partial charge in [-0.3, -0.25) is 4.79 Å². The van der Waals surface area contributed by atoms with Crippen LogP contribution in [0, 0.1) is 11.3 Å². The highest BCUT2D eigenvalue weighted by atomic mass is 16.6. The van der Waals surface area contributed by atoms with Gasteiger partial charge in [-0.25, -0.2) is 9.78 Å². The maximum absolute atomic E-state index is 12.3. The molecule has 1 aromatic rings. The molecule has 1 saturated heterocycles. The molecular weight excluding hydrogens is 296 g/mol. The van der Waals surface area contributed by atoms with E-state index >= 15 is 0 Å². The van der Waals surface area contributed by atoms with Crippen LogP contribution in [0.2, 0.25) is 0 Å². The molecule has 0 saturated carbocycles. The first-order valence-electron chi connectivity index (χ1n) is 7.42. The third-order valence-electron chi connectivity index (χ3n) is 3.30. The fourth-order valence-corrected chi connectivity index (χ4v) is 2.33. The molecule has 7 heteroatoms. The number of hydrogen-bond donors (Lipinski definition) is 1. The first kappa shape index (κ1) is 16.7. The zero-order chi connectivity index (χ0) is 17.0. The number of amides is 2. The minimum absolute atomic E-state index is 0.147. The third-order valence-corrected chi connectivity index (χ3v) is 3.30. The largest absolute Gasteiger partial charge is 0.444 e. The monoisotopic (exact) mass is 316 g/mol. The number of carbonyl (C=O) groups is 2. The molecule has 122 valence electrons. The summed E-state index contributed by atoms with van der Waals surface area (Å²) in [7, 11) is 0. The molecule has 1 aliphatic rings. The highest BCUT2D eigenvalue weighted by Crippen LogP contribution is 2.16. The first-order chi connectivity index (χ1) is 10.8. The lowest BCUT2D eigenvalue weighted by Crippen LogP contribution is -2.43. The van der Waals surface area contributed by atoms with Crippen molar-refractivity contribution in [2.45, 2.75) is 45.4 Å². The van der Waals surface area contributed by atoms with Gasteiger partial charge in [-0.05, 0) is 44.9 Å². The number of pyridine rings is 1. The Morgan fingerprint density at radius 3 is 2.96 bits per heavy atom. The first-order valence-corrected chi connectivity index (χ1v) is 7.42. The second-order valence-corrected chi connectivity index (χ2v) is 6.41. The van der Waals surface area contributed by atoms with E-state index in [4.69, 9.17) is 10.00 Å². The maximum Gasteiger partial charge on any atom is 0.408 e. The SMILES string of the molecule is CC(C)(C)OC(=O)N[C@H]1CCN(Cc2ccnc(C#N)c2)C1=O. The number of nitrogens with zero attached hydrogens (tertiary/aromatic N) is 3. The predicted octanol–water partition coefficient (Wildman–Crippen LogP) is 1.58. The van der Waals surface area contributed by atoms with E-state index in [-0.39, 0.29) is 5.91 Å². The number of alkyl carbamates (subject to hydrolysis) is 1. The summed E-state index contributed by atoms with van der Waals surface area (Å²) in [5.41, 5.74) is 0.552. The second kappa shape index (κ2) is 6.65. The van der Waals surface area contributed by atoms with E-state index in [1.165, 1.54) is 0 Å². The van der Waals surface area contributed by atoms with Crippen LogP contribution < -0.4 is 5.32 Å². The van der Waals surface area contributed by atoms with Gasteiger partial charge >= 0.3 is 6.09 Å². The average molecular weight is 316 g/mol. The zero-order valence-electron chi connectivity index (χ0n) is 13.5. The number of hydrogen-bond acceptors (Lipinski definition) is 5. The minimum Gasteiger partial charge on any atom is -0.444 e. The second-order valence-electron chi connectivity index (χ2n) is 6.41. The van der Waals surface area contributed by atoms with Gasteiger partial charge < -0.3 is 15.0 Å². The Hall–Kier alpha value is -2.62. The molecule has 1 aromatic heterocycles. The molecule has 0 aliphatic carbocycles. The summed E-state index contributed by atoms with van der Waals surface area (Å²) in [6.45, 7) is 6.24. The summed E-state index contributed by atoms with van der Waals surface area (Å²) in [4.78, 5) is 29.7. The van der Waals surface area contributed by atoms with Crippen LogP contribution >= 0.6 is 0 Å². The van der Waals surface area contributed by atoms with E-state index in [9.17, 15) is 9.59 Å². The van der Waals surface area contributed by atoms with Crippen molar-refractivity contribution in [1.29, 1.82) is 5.26 Å². The van der Waals surface area contributed by atoms with Crippen LogP contribution in [0.15, 0.2) is 18.3 Å². The molecule has 0 aromatic carbocycles. The lowest BCUT2D eigenvalue weighted by Gasteiger charge is -2.21. The molecular formula is C16H20N4O3. The van der Waals surface area contributed by atoms with E-state index in [2.05, 4.69) is 10.3 Å². The van der Waals surface area contributed by atoms with Gasteiger partial charge in [0, 0.05) is 19.3 Å². The highest BCUT2D eigenvalue weighted by Gasteiger charge is 2.33. The van der Waals surface area contributed by atoms with Gasteiger partial charge in [0.2, 0.25) is 5.91 Å². The quantitative estimate of drug-likeness (QED) is 0.913. The van der Waals surface area contributed by atoms with Gasteiger partial charge in [0.05, 0.1) is 0 Å². The summed E-state index contributed by atoms with van der Waals surface area (Å²) in [6, 6.07) is 4.83. The average Bonchev–Trinajstić information content (AvgIpc) is 2.78. The zero-order valence-corrected chi connectivity index (χ0v) is 13.5. The molecule has 0 unspecified atom stereocenters. The minimum atomic E-state index is -0.601. The van der Waals surface area contributed by atoms with Crippen LogP contribution in [-0.4, -0.2) is 40.1 Å². The number of likely N-dealkylation sites (tertiary alicyclic amines) is 1. The van der Waals surface area contributed by atoms with Crippen LogP contribution in [0.4, 0.5) is 4.79 Å². The van der Waals surface area contributed by atoms with Crippen LogP contribution in [0.25, 0.3) is 0 Å². The van der Waals surface area contributed by atoms with Crippen LogP contribution in [0.5, 0.6) is 0 Å². The van der Waals surface area contributed by atoms with Crippen LogP contribution in [0.3, 0.4) is 0 Å². The molecule has 2 heterocycles. The smallest absolute Gasteiger partial charge is 0.408 e. The Balaban J connectivity index is 1.94. The van der Waals surface area contributed by atoms with Gasteiger partial charge in [-0.1, -0.05) is 0 Å². The van der Waals surface area contributed by atoms with Crippen molar-refractivity contribution in [3.8, 4) is 6.07 Å². The summed E-state index contributed by atoms with van der Waals surface area (Å²) in [5.74, 6) is -0.147. The lowest BCUT2D eigenvalue weighted by molar-refractivity contribution is -0.129. The molecule has 1 N–H and O–H groups in total. The van der Waals surface area contributed by atoms with E-state index < -0.39 is 17.7 Å². The Labute approximate surface area is 135 Å². The summed E-state index contributed by atoms with van der Waals surface area (Å²) < 4.78 is 5.17. The molecule has 2 rings (SSSR count). The van der Waals surface area contributed by atoms with Crippen molar-refractivity contribution in [3.05, 3.63) is 29.6 Å². The topological polar surface area (TPSA) is 95.3 Å². The standard InChI is InChI=1S/C16H20N4O3/c1-16(2,3)23-15(22)19-13-5-7-20(14(13)21)10-11-4-6-18-12(8-11)9-17/h4,6,8,13H,5,7,10H2,1-3H3,(H,19,22)/t13-/m0/s1. The van der Waals surface area contributed by atoms with E-state index in [0.717, 1.165) is 5.56 Å². The van der Waals surface area contributed by atoms with Crippen molar-refractivity contribution in [3.63, 3.8) is 0 Å². The molecule has 2 amide bonds. The Bertz CT molecular complexity index is 645. The number of rotatable bonds is 3. The van der Waals surface area contributed by atoms with Crippen molar-refractivity contribution in [2.24, 2.45) is 0 Å². The molecule has 23 heavy (non-hydrogen) atoms. The predicted molar refractivity (Wildman–Crippen MR) is 82.1 cm³/mol. The molecule has 0 bridgehead atoms. The Kier molecular flexibility index (Phi) is 4.84.